The summed E-state index contributed by atoms with van der Waals surface area (Å²) < 4.78 is 11.9. The highest BCUT2D eigenvalue weighted by atomic mass is 79.9. The number of ether oxygens (including phenoxy) is 2. The molecule has 0 spiro atoms. The summed E-state index contributed by atoms with van der Waals surface area (Å²) >= 11 is 3.27. The van der Waals surface area contributed by atoms with Crippen LogP contribution in [0.15, 0.2) is 16.7 Å². The number of halogens is 1. The van der Waals surface area contributed by atoms with Crippen molar-refractivity contribution >= 4 is 27.9 Å². The largest absolute Gasteiger partial charge is 0.356 e. The van der Waals surface area contributed by atoms with Gasteiger partial charge in [0.15, 0.2) is 12.0 Å². The Kier molecular flexibility index (Phi) is 3.64. The Morgan fingerprint density at radius 1 is 1.67 bits per heavy atom. The molecule has 1 aromatic rings. The van der Waals surface area contributed by atoms with Crippen molar-refractivity contribution in [2.45, 2.75) is 24.5 Å². The summed E-state index contributed by atoms with van der Waals surface area (Å²) in [7, 11) is 1.51. The molecule has 0 aliphatic carbocycles. The second-order valence-corrected chi connectivity index (χ2v) is 5.89. The molecule has 0 saturated carbocycles. The minimum absolute atomic E-state index is 0.218. The van der Waals surface area contributed by atoms with Crippen molar-refractivity contribution in [1.82, 2.24) is 20.9 Å². The van der Waals surface area contributed by atoms with Crippen LogP contribution in [0.3, 0.4) is 0 Å². The molecular weight excluding hydrogens is 344 g/mol. The number of fused-ring (bicyclic) bond motifs is 1. The first-order valence-electron chi connectivity index (χ1n) is 6.44. The Balaban J connectivity index is 1.56. The SMILES string of the molecule is CO[C@@]12CC(CNC(=O)c3cc(Br)c[nH]3)O[C@@H]1NC(=O)N2. The van der Waals surface area contributed by atoms with E-state index in [1.54, 1.807) is 12.3 Å². The van der Waals surface area contributed by atoms with Crippen molar-refractivity contribution in [2.75, 3.05) is 13.7 Å². The van der Waals surface area contributed by atoms with Crippen molar-refractivity contribution in [3.8, 4) is 0 Å². The molecule has 2 aliphatic heterocycles. The number of H-pyrrole nitrogens is 1. The average Bonchev–Trinajstić information content (AvgIpc) is 3.08. The Morgan fingerprint density at radius 3 is 3.10 bits per heavy atom. The highest BCUT2D eigenvalue weighted by Crippen LogP contribution is 2.32. The van der Waals surface area contributed by atoms with Crippen LogP contribution < -0.4 is 16.0 Å². The molecule has 3 heterocycles. The lowest BCUT2D eigenvalue weighted by Crippen LogP contribution is -2.48. The Morgan fingerprint density at radius 2 is 2.48 bits per heavy atom. The molecule has 8 nitrogen and oxygen atoms in total. The van der Waals surface area contributed by atoms with E-state index in [2.05, 4.69) is 36.9 Å². The quantitative estimate of drug-likeness (QED) is 0.620. The van der Waals surface area contributed by atoms with Crippen LogP contribution in [0.25, 0.3) is 0 Å². The second-order valence-electron chi connectivity index (χ2n) is 4.98. The monoisotopic (exact) mass is 358 g/mol. The third-order valence-electron chi connectivity index (χ3n) is 3.62. The van der Waals surface area contributed by atoms with E-state index < -0.39 is 12.0 Å². The third-order valence-corrected chi connectivity index (χ3v) is 4.08. The number of carbonyl (C=O) groups excluding carboxylic acids is 2. The topological polar surface area (TPSA) is 104 Å². The number of aromatic amines is 1. The van der Waals surface area contributed by atoms with E-state index in [1.165, 1.54) is 7.11 Å². The van der Waals surface area contributed by atoms with Crippen molar-refractivity contribution in [1.29, 1.82) is 0 Å². The van der Waals surface area contributed by atoms with Crippen LogP contribution in [0, 0.1) is 0 Å². The first-order valence-corrected chi connectivity index (χ1v) is 7.23. The third kappa shape index (κ3) is 2.63. The fourth-order valence-corrected chi connectivity index (χ4v) is 2.92. The molecule has 21 heavy (non-hydrogen) atoms. The number of urea groups is 1. The van der Waals surface area contributed by atoms with Gasteiger partial charge >= 0.3 is 6.03 Å². The van der Waals surface area contributed by atoms with Gasteiger partial charge < -0.3 is 30.4 Å². The highest BCUT2D eigenvalue weighted by molar-refractivity contribution is 9.10. The van der Waals surface area contributed by atoms with Crippen LogP contribution in [-0.2, 0) is 9.47 Å². The molecule has 4 N–H and O–H groups in total. The van der Waals surface area contributed by atoms with Crippen molar-refractivity contribution in [2.24, 2.45) is 0 Å². The Bertz CT molecular complexity index is 577. The van der Waals surface area contributed by atoms with Gasteiger partial charge in [-0.3, -0.25) is 4.79 Å². The summed E-state index contributed by atoms with van der Waals surface area (Å²) in [6.45, 7) is 0.328. The predicted molar refractivity (Wildman–Crippen MR) is 75.5 cm³/mol. The fraction of sp³-hybridized carbons (Fsp3) is 0.500. The highest BCUT2D eigenvalue weighted by Gasteiger charge is 2.55. The lowest BCUT2D eigenvalue weighted by molar-refractivity contribution is -0.0723. The van der Waals surface area contributed by atoms with Crippen LogP contribution in [0.1, 0.15) is 16.9 Å². The van der Waals surface area contributed by atoms with Crippen molar-refractivity contribution in [3.05, 3.63) is 22.4 Å². The summed E-state index contributed by atoms with van der Waals surface area (Å²) in [5.74, 6) is -0.218. The van der Waals surface area contributed by atoms with E-state index in [0.29, 0.717) is 18.7 Å². The van der Waals surface area contributed by atoms with Crippen molar-refractivity contribution < 1.29 is 19.1 Å². The first-order chi connectivity index (χ1) is 10.0. The molecule has 0 radical (unpaired) electrons. The summed E-state index contributed by atoms with van der Waals surface area (Å²) in [4.78, 5) is 26.1. The van der Waals surface area contributed by atoms with Crippen LogP contribution in [-0.4, -0.2) is 48.6 Å². The zero-order chi connectivity index (χ0) is 15.0. The number of amides is 3. The van der Waals surface area contributed by atoms with E-state index in [-0.39, 0.29) is 18.0 Å². The number of hydrogen-bond acceptors (Lipinski definition) is 4. The van der Waals surface area contributed by atoms with E-state index in [4.69, 9.17) is 9.47 Å². The van der Waals surface area contributed by atoms with Gasteiger partial charge in [-0.05, 0) is 22.0 Å². The first kappa shape index (κ1) is 14.4. The number of carbonyl (C=O) groups is 2. The average molecular weight is 359 g/mol. The molecule has 9 heteroatoms. The van der Waals surface area contributed by atoms with Crippen LogP contribution in [0.2, 0.25) is 0 Å². The fourth-order valence-electron chi connectivity index (χ4n) is 2.57. The zero-order valence-corrected chi connectivity index (χ0v) is 12.8. The summed E-state index contributed by atoms with van der Waals surface area (Å²) in [5.41, 5.74) is -0.393. The minimum atomic E-state index is -0.859. The van der Waals surface area contributed by atoms with Gasteiger partial charge in [0.2, 0.25) is 0 Å². The van der Waals surface area contributed by atoms with E-state index >= 15 is 0 Å². The minimum Gasteiger partial charge on any atom is -0.356 e. The molecule has 1 aromatic heterocycles. The molecule has 3 rings (SSSR count). The van der Waals surface area contributed by atoms with Gasteiger partial charge in [-0.25, -0.2) is 4.79 Å². The van der Waals surface area contributed by atoms with E-state index in [9.17, 15) is 9.59 Å². The molecule has 2 saturated heterocycles. The lowest BCUT2D eigenvalue weighted by Gasteiger charge is -2.23. The van der Waals surface area contributed by atoms with E-state index in [0.717, 1.165) is 4.47 Å². The Labute approximate surface area is 129 Å². The summed E-state index contributed by atoms with van der Waals surface area (Å²) in [6.07, 6.45) is 1.36. The number of methoxy groups -OCH3 is 1. The molecule has 3 atom stereocenters. The number of aromatic nitrogens is 1. The van der Waals surface area contributed by atoms with Gasteiger partial charge in [-0.15, -0.1) is 0 Å². The number of rotatable bonds is 4. The van der Waals surface area contributed by atoms with Gasteiger partial charge in [-0.1, -0.05) is 0 Å². The second kappa shape index (κ2) is 5.32. The normalized spacial score (nSPS) is 30.7. The maximum atomic E-state index is 11.9. The molecular formula is C12H15BrN4O4. The molecule has 0 bridgehead atoms. The summed E-state index contributed by atoms with van der Waals surface area (Å²) in [6, 6.07) is 1.37. The van der Waals surface area contributed by atoms with Gasteiger partial charge in [0, 0.05) is 30.7 Å². The van der Waals surface area contributed by atoms with Gasteiger partial charge in [-0.2, -0.15) is 0 Å². The van der Waals surface area contributed by atoms with Gasteiger partial charge in [0.1, 0.15) is 5.69 Å². The van der Waals surface area contributed by atoms with Gasteiger partial charge in [0.05, 0.1) is 6.10 Å². The maximum Gasteiger partial charge on any atom is 0.319 e. The number of hydrogen-bond donors (Lipinski definition) is 4. The van der Waals surface area contributed by atoms with Crippen molar-refractivity contribution in [3.63, 3.8) is 0 Å². The molecule has 0 aromatic carbocycles. The van der Waals surface area contributed by atoms with E-state index in [1.807, 2.05) is 0 Å². The zero-order valence-electron chi connectivity index (χ0n) is 11.2. The lowest BCUT2D eigenvalue weighted by atomic mass is 10.1. The maximum absolute atomic E-state index is 11.9. The molecule has 1 unspecified atom stereocenters. The molecule has 2 aliphatic rings. The van der Waals surface area contributed by atoms with Crippen LogP contribution in [0.5, 0.6) is 0 Å². The smallest absolute Gasteiger partial charge is 0.319 e. The molecule has 114 valence electrons. The standard InChI is InChI=1S/C12H15BrN4O4/c1-20-12-3-7(21-10(12)16-11(19)17-12)5-15-9(18)8-2-6(13)4-14-8/h2,4,7,10,14H,3,5H2,1H3,(H,15,18)(H2,16,17,19)/t7?,10-,12-/m0/s1. The van der Waals surface area contributed by atoms with Crippen LogP contribution >= 0.6 is 15.9 Å². The molecule has 2 fully saturated rings. The van der Waals surface area contributed by atoms with Crippen LogP contribution in [0.4, 0.5) is 4.79 Å². The predicted octanol–water partition coefficient (Wildman–Crippen LogP) is 0.277. The number of nitrogens with one attached hydrogen (secondary N) is 4. The molecule has 3 amide bonds. The van der Waals surface area contributed by atoms with Gasteiger partial charge in [0.25, 0.3) is 5.91 Å². The Hall–Kier alpha value is -1.58. The summed E-state index contributed by atoms with van der Waals surface area (Å²) in [5, 5.41) is 8.13.